The van der Waals surface area contributed by atoms with Crippen molar-refractivity contribution in [3.63, 3.8) is 0 Å². The summed E-state index contributed by atoms with van der Waals surface area (Å²) in [6.07, 6.45) is 1.65. The van der Waals surface area contributed by atoms with Gasteiger partial charge in [-0.15, -0.1) is 0 Å². The molecule has 0 aliphatic carbocycles. The predicted octanol–water partition coefficient (Wildman–Crippen LogP) is 4.61. The molecule has 4 rings (SSSR count). The summed E-state index contributed by atoms with van der Waals surface area (Å²) in [6, 6.07) is 16.6. The Morgan fingerprint density at radius 3 is 2.46 bits per heavy atom. The predicted molar refractivity (Wildman–Crippen MR) is 133 cm³/mol. The van der Waals surface area contributed by atoms with Crippen LogP contribution in [0.5, 0.6) is 11.5 Å². The highest BCUT2D eigenvalue weighted by Gasteiger charge is 2.31. The molecule has 3 aromatic rings. The number of carbonyl (C=O) groups is 2. The number of benzene rings is 3. The monoisotopic (exact) mass is 474 g/mol. The normalized spacial score (nSPS) is 16.7. The Morgan fingerprint density at radius 2 is 1.77 bits per heavy atom. The quantitative estimate of drug-likeness (QED) is 0.398. The van der Waals surface area contributed by atoms with Gasteiger partial charge in [0.05, 0.1) is 17.6 Å². The van der Waals surface area contributed by atoms with E-state index in [0.29, 0.717) is 6.54 Å². The molecule has 35 heavy (non-hydrogen) atoms. The summed E-state index contributed by atoms with van der Waals surface area (Å²) in [7, 11) is 0. The Kier molecular flexibility index (Phi) is 7.07. The molecule has 0 bridgehead atoms. The largest absolute Gasteiger partial charge is 0.508 e. The summed E-state index contributed by atoms with van der Waals surface area (Å²) < 4.78 is 0. The van der Waals surface area contributed by atoms with Crippen molar-refractivity contribution in [1.29, 1.82) is 0 Å². The Bertz CT molecular complexity index is 1240. The number of nitrogens with one attached hydrogen (secondary N) is 1. The molecule has 1 amide bonds. The van der Waals surface area contributed by atoms with E-state index in [2.05, 4.69) is 10.2 Å². The van der Waals surface area contributed by atoms with Crippen molar-refractivity contribution in [3.05, 3.63) is 82.9 Å². The van der Waals surface area contributed by atoms with E-state index in [1.165, 1.54) is 12.1 Å². The number of aryl methyl sites for hydroxylation is 1. The average molecular weight is 475 g/mol. The Morgan fingerprint density at radius 1 is 1.03 bits per heavy atom. The Labute approximate surface area is 204 Å². The maximum atomic E-state index is 13.1. The van der Waals surface area contributed by atoms with Crippen LogP contribution < -0.4 is 5.32 Å². The van der Waals surface area contributed by atoms with Crippen molar-refractivity contribution in [3.8, 4) is 22.6 Å². The van der Waals surface area contributed by atoms with Gasteiger partial charge in [-0.2, -0.15) is 0 Å². The van der Waals surface area contributed by atoms with Gasteiger partial charge in [0.15, 0.2) is 0 Å². The first-order valence-electron chi connectivity index (χ1n) is 11.7. The van der Waals surface area contributed by atoms with Crippen LogP contribution in [0.3, 0.4) is 0 Å². The summed E-state index contributed by atoms with van der Waals surface area (Å²) in [5.41, 5.74) is 4.65. The first-order valence-corrected chi connectivity index (χ1v) is 11.7. The number of amides is 1. The third kappa shape index (κ3) is 5.63. The van der Waals surface area contributed by atoms with Crippen molar-refractivity contribution < 1.29 is 24.9 Å². The van der Waals surface area contributed by atoms with Gasteiger partial charge in [-0.3, -0.25) is 9.69 Å². The number of carboxylic acid groups (broad SMARTS) is 1. The maximum Gasteiger partial charge on any atom is 0.335 e. The lowest BCUT2D eigenvalue weighted by molar-refractivity contribution is -0.126. The topological polar surface area (TPSA) is 110 Å². The van der Waals surface area contributed by atoms with E-state index < -0.39 is 5.97 Å². The summed E-state index contributed by atoms with van der Waals surface area (Å²) in [6.45, 7) is 5.10. The molecule has 4 N–H and O–H groups in total. The summed E-state index contributed by atoms with van der Waals surface area (Å²) in [5, 5.41) is 32.2. The summed E-state index contributed by atoms with van der Waals surface area (Å²) in [5.74, 6) is -0.689. The number of phenolic OH excluding ortho intramolecular Hbond substituents is 2. The molecule has 0 spiro atoms. The second-order valence-corrected chi connectivity index (χ2v) is 9.17. The highest BCUT2D eigenvalue weighted by atomic mass is 16.4. The minimum atomic E-state index is -0.981. The zero-order valence-corrected chi connectivity index (χ0v) is 19.9. The van der Waals surface area contributed by atoms with E-state index in [9.17, 15) is 19.8 Å². The lowest BCUT2D eigenvalue weighted by Crippen LogP contribution is -2.43. The number of aromatic carboxylic acids is 1. The van der Waals surface area contributed by atoms with E-state index in [4.69, 9.17) is 5.11 Å². The highest BCUT2D eigenvalue weighted by molar-refractivity contribution is 5.87. The number of aromatic hydroxyl groups is 2. The minimum Gasteiger partial charge on any atom is -0.508 e. The number of phenols is 2. The average Bonchev–Trinajstić information content (AvgIpc) is 3.27. The molecule has 1 fully saturated rings. The minimum absolute atomic E-state index is 0.0629. The van der Waals surface area contributed by atoms with Gasteiger partial charge in [-0.25, -0.2) is 4.79 Å². The fraction of sp³-hybridized carbons (Fsp3) is 0.286. The van der Waals surface area contributed by atoms with Crippen molar-refractivity contribution in [1.82, 2.24) is 10.2 Å². The molecule has 0 radical (unpaired) electrons. The molecular formula is C28H30N2O5. The van der Waals surface area contributed by atoms with E-state index in [1.807, 2.05) is 26.0 Å². The molecule has 1 saturated heterocycles. The fourth-order valence-corrected chi connectivity index (χ4v) is 4.75. The van der Waals surface area contributed by atoms with Crippen molar-refractivity contribution in [2.45, 2.75) is 45.3 Å². The van der Waals surface area contributed by atoms with Gasteiger partial charge in [0, 0.05) is 6.54 Å². The molecule has 182 valence electrons. The van der Waals surface area contributed by atoms with Gasteiger partial charge in [-0.05, 0) is 104 Å². The number of likely N-dealkylation sites (tertiary alicyclic amines) is 1. The molecule has 0 aromatic heterocycles. The summed E-state index contributed by atoms with van der Waals surface area (Å²) >= 11 is 0. The zero-order valence-electron chi connectivity index (χ0n) is 19.9. The second kappa shape index (κ2) is 10.2. The first kappa shape index (κ1) is 24.3. The Hall–Kier alpha value is -3.84. The van der Waals surface area contributed by atoms with E-state index in [0.717, 1.165) is 47.2 Å². The van der Waals surface area contributed by atoms with Gasteiger partial charge in [0.25, 0.3) is 0 Å². The molecule has 0 saturated carbocycles. The molecule has 1 aliphatic heterocycles. The van der Waals surface area contributed by atoms with Crippen LogP contribution in [0.15, 0.2) is 60.7 Å². The molecule has 0 unspecified atom stereocenters. The van der Waals surface area contributed by atoms with Crippen LogP contribution in [0, 0.1) is 6.92 Å². The molecule has 3 aromatic carbocycles. The van der Waals surface area contributed by atoms with Gasteiger partial charge in [0.1, 0.15) is 11.5 Å². The lowest BCUT2D eigenvalue weighted by atomic mass is 9.98. The van der Waals surface area contributed by atoms with Gasteiger partial charge in [0.2, 0.25) is 5.91 Å². The zero-order chi connectivity index (χ0) is 25.1. The van der Waals surface area contributed by atoms with E-state index in [-0.39, 0.29) is 35.1 Å². The van der Waals surface area contributed by atoms with Crippen LogP contribution in [-0.2, 0) is 11.3 Å². The first-order chi connectivity index (χ1) is 16.7. The van der Waals surface area contributed by atoms with Crippen LogP contribution >= 0.6 is 0 Å². The van der Waals surface area contributed by atoms with Crippen molar-refractivity contribution >= 4 is 11.9 Å². The Balaban J connectivity index is 1.46. The molecule has 2 atom stereocenters. The highest BCUT2D eigenvalue weighted by Crippen LogP contribution is 2.31. The SMILES string of the molecule is Cc1cc(O)ccc1-c1cc(O)cc(CN2CCC[C@@H]2C(=O)N[C@@H](C)c2ccc(C(=O)O)cc2)c1. The fourth-order valence-electron chi connectivity index (χ4n) is 4.75. The maximum absolute atomic E-state index is 13.1. The number of hydrogen-bond acceptors (Lipinski definition) is 5. The molecule has 1 heterocycles. The lowest BCUT2D eigenvalue weighted by Gasteiger charge is -2.26. The standard InChI is InChI=1S/C28H30N2O5/c1-17-12-23(31)9-10-25(17)22-13-19(14-24(32)15-22)16-30-11-3-4-26(30)27(33)29-18(2)20-5-7-21(8-6-20)28(34)35/h5-10,12-15,18,26,31-32H,3-4,11,16H2,1-2H3,(H,29,33)(H,34,35)/t18-,26+/m0/s1. The number of rotatable bonds is 7. The van der Waals surface area contributed by atoms with Crippen LogP contribution in [0.1, 0.15) is 52.9 Å². The third-order valence-electron chi connectivity index (χ3n) is 6.57. The number of carboxylic acids is 1. The second-order valence-electron chi connectivity index (χ2n) is 9.17. The number of nitrogens with zero attached hydrogens (tertiary/aromatic N) is 1. The van der Waals surface area contributed by atoms with E-state index in [1.54, 1.807) is 36.4 Å². The van der Waals surface area contributed by atoms with Crippen LogP contribution in [-0.4, -0.2) is 44.7 Å². The van der Waals surface area contributed by atoms with Gasteiger partial charge >= 0.3 is 5.97 Å². The molecule has 1 aliphatic rings. The van der Waals surface area contributed by atoms with Crippen LogP contribution in [0.4, 0.5) is 0 Å². The van der Waals surface area contributed by atoms with Gasteiger partial charge < -0.3 is 20.6 Å². The van der Waals surface area contributed by atoms with Crippen molar-refractivity contribution in [2.24, 2.45) is 0 Å². The van der Waals surface area contributed by atoms with Crippen molar-refractivity contribution in [2.75, 3.05) is 6.54 Å². The number of hydrogen-bond donors (Lipinski definition) is 4. The van der Waals surface area contributed by atoms with E-state index >= 15 is 0 Å². The molecular weight excluding hydrogens is 444 g/mol. The smallest absolute Gasteiger partial charge is 0.335 e. The van der Waals surface area contributed by atoms with Crippen LogP contribution in [0.25, 0.3) is 11.1 Å². The third-order valence-corrected chi connectivity index (χ3v) is 6.57. The van der Waals surface area contributed by atoms with Crippen LogP contribution in [0.2, 0.25) is 0 Å². The molecule has 7 nitrogen and oxygen atoms in total. The number of carbonyl (C=O) groups excluding carboxylic acids is 1. The molecule has 7 heteroatoms. The van der Waals surface area contributed by atoms with Gasteiger partial charge in [-0.1, -0.05) is 18.2 Å². The summed E-state index contributed by atoms with van der Waals surface area (Å²) in [4.78, 5) is 26.3.